The molecule has 0 saturated heterocycles. The van der Waals surface area contributed by atoms with Gasteiger partial charge in [-0.2, -0.15) is 0 Å². The highest BCUT2D eigenvalue weighted by molar-refractivity contribution is 5.84. The summed E-state index contributed by atoms with van der Waals surface area (Å²) in [5.74, 6) is 0.848. The van der Waals surface area contributed by atoms with E-state index >= 15 is 0 Å². The van der Waals surface area contributed by atoms with Crippen molar-refractivity contribution in [3.63, 3.8) is 0 Å². The molecule has 0 bridgehead atoms. The Bertz CT molecular complexity index is 229. The first kappa shape index (κ1) is 8.03. The number of Topliss-reactive ketones (excluding diaryl/α,β-unsaturated/α-hetero) is 1. The summed E-state index contributed by atoms with van der Waals surface area (Å²) in [6.45, 7) is 2.29. The van der Waals surface area contributed by atoms with Gasteiger partial charge in [0.1, 0.15) is 5.78 Å². The minimum absolute atomic E-state index is 0.334. The molecule has 0 spiro atoms. The Kier molecular flexibility index (Phi) is 1.82. The maximum Gasteiger partial charge on any atom is 0.136 e. The number of carbonyl (C=O) groups is 1. The molecule has 1 fully saturated rings. The Balaban J connectivity index is 2.24. The normalized spacial score (nSPS) is 41.1. The summed E-state index contributed by atoms with van der Waals surface area (Å²) >= 11 is 0. The largest absolute Gasteiger partial charge is 0.299 e. The van der Waals surface area contributed by atoms with Gasteiger partial charge in [0.05, 0.1) is 0 Å². The third-order valence-electron chi connectivity index (χ3n) is 3.59. The van der Waals surface area contributed by atoms with Gasteiger partial charge in [-0.1, -0.05) is 19.1 Å². The van der Waals surface area contributed by atoms with E-state index in [2.05, 4.69) is 19.1 Å². The van der Waals surface area contributed by atoms with Crippen molar-refractivity contribution in [1.82, 2.24) is 0 Å². The number of fused-ring (bicyclic) bond motifs is 1. The smallest absolute Gasteiger partial charge is 0.136 e. The van der Waals surface area contributed by atoms with Crippen molar-refractivity contribution in [3.8, 4) is 0 Å². The second kappa shape index (κ2) is 2.72. The van der Waals surface area contributed by atoms with E-state index in [1.165, 1.54) is 12.8 Å². The average molecular weight is 164 g/mol. The van der Waals surface area contributed by atoms with Crippen LogP contribution in [-0.4, -0.2) is 5.78 Å². The standard InChI is InChI=1S/C11H16O/c1-11-7-4-2-3-5-9(11)10(12)6-8-11/h2-3,9H,4-8H2,1H3/t9-,11+/m0/s1. The molecule has 2 rings (SSSR count). The van der Waals surface area contributed by atoms with Crippen molar-refractivity contribution in [1.29, 1.82) is 0 Å². The second-order valence-electron chi connectivity index (χ2n) is 4.42. The molecule has 2 aliphatic rings. The second-order valence-corrected chi connectivity index (χ2v) is 4.42. The van der Waals surface area contributed by atoms with Gasteiger partial charge in [-0.3, -0.25) is 4.79 Å². The van der Waals surface area contributed by atoms with Crippen LogP contribution < -0.4 is 0 Å². The van der Waals surface area contributed by atoms with E-state index in [1.807, 2.05) is 0 Å². The topological polar surface area (TPSA) is 17.1 Å². The van der Waals surface area contributed by atoms with E-state index in [-0.39, 0.29) is 0 Å². The Morgan fingerprint density at radius 2 is 2.25 bits per heavy atom. The Hall–Kier alpha value is -0.590. The molecule has 0 aliphatic heterocycles. The Morgan fingerprint density at radius 1 is 1.42 bits per heavy atom. The van der Waals surface area contributed by atoms with Gasteiger partial charge in [-0.05, 0) is 31.1 Å². The number of ketones is 1. The molecule has 66 valence electrons. The highest BCUT2D eigenvalue weighted by Crippen LogP contribution is 2.47. The first-order valence-electron chi connectivity index (χ1n) is 4.90. The lowest BCUT2D eigenvalue weighted by Crippen LogP contribution is -2.23. The fourth-order valence-electron chi connectivity index (χ4n) is 2.62. The fraction of sp³-hybridized carbons (Fsp3) is 0.727. The van der Waals surface area contributed by atoms with Gasteiger partial charge < -0.3 is 0 Å². The zero-order chi connectivity index (χ0) is 8.60. The molecule has 0 aromatic heterocycles. The molecule has 0 radical (unpaired) electrons. The summed E-state index contributed by atoms with van der Waals surface area (Å²) in [7, 11) is 0. The van der Waals surface area contributed by atoms with Crippen LogP contribution in [0.5, 0.6) is 0 Å². The maximum atomic E-state index is 11.5. The van der Waals surface area contributed by atoms with Crippen LogP contribution in [0.3, 0.4) is 0 Å². The molecule has 12 heavy (non-hydrogen) atoms. The van der Waals surface area contributed by atoms with Crippen LogP contribution >= 0.6 is 0 Å². The molecule has 2 atom stereocenters. The Labute approximate surface area is 73.8 Å². The van der Waals surface area contributed by atoms with Crippen molar-refractivity contribution in [2.75, 3.05) is 0 Å². The molecular formula is C11H16O. The molecular weight excluding hydrogens is 148 g/mol. The van der Waals surface area contributed by atoms with Gasteiger partial charge in [-0.15, -0.1) is 0 Å². The first-order chi connectivity index (χ1) is 5.72. The highest BCUT2D eigenvalue weighted by Gasteiger charge is 2.43. The van der Waals surface area contributed by atoms with Crippen molar-refractivity contribution in [2.45, 2.75) is 39.0 Å². The molecule has 0 aromatic rings. The summed E-state index contributed by atoms with van der Waals surface area (Å²) < 4.78 is 0. The van der Waals surface area contributed by atoms with Crippen LogP contribution in [0.2, 0.25) is 0 Å². The molecule has 0 amide bonds. The van der Waals surface area contributed by atoms with E-state index in [1.54, 1.807) is 0 Å². The third-order valence-corrected chi connectivity index (χ3v) is 3.59. The van der Waals surface area contributed by atoms with E-state index in [0.29, 0.717) is 17.1 Å². The van der Waals surface area contributed by atoms with Crippen LogP contribution in [0.15, 0.2) is 12.2 Å². The molecule has 1 heteroatoms. The first-order valence-corrected chi connectivity index (χ1v) is 4.90. The monoisotopic (exact) mass is 164 g/mol. The average Bonchev–Trinajstić information content (AvgIpc) is 2.24. The lowest BCUT2D eigenvalue weighted by Gasteiger charge is -2.27. The summed E-state index contributed by atoms with van der Waals surface area (Å²) in [6, 6.07) is 0. The number of hydrogen-bond donors (Lipinski definition) is 0. The SMILES string of the molecule is C[C@]12CCC=CC[C@H]1C(=O)CC2. The van der Waals surface area contributed by atoms with E-state index in [0.717, 1.165) is 19.3 Å². The van der Waals surface area contributed by atoms with Crippen LogP contribution in [0.25, 0.3) is 0 Å². The molecule has 2 aliphatic carbocycles. The highest BCUT2D eigenvalue weighted by atomic mass is 16.1. The molecule has 0 N–H and O–H groups in total. The van der Waals surface area contributed by atoms with Crippen molar-refractivity contribution < 1.29 is 4.79 Å². The van der Waals surface area contributed by atoms with Crippen molar-refractivity contribution in [2.24, 2.45) is 11.3 Å². The third kappa shape index (κ3) is 1.12. The summed E-state index contributed by atoms with van der Waals surface area (Å²) in [4.78, 5) is 11.5. The minimum Gasteiger partial charge on any atom is -0.299 e. The van der Waals surface area contributed by atoms with Crippen LogP contribution in [-0.2, 0) is 4.79 Å². The quantitative estimate of drug-likeness (QED) is 0.503. The summed E-state index contributed by atoms with van der Waals surface area (Å²) in [5.41, 5.74) is 0.334. The molecule has 1 nitrogen and oxygen atoms in total. The molecule has 0 unspecified atom stereocenters. The number of hydrogen-bond acceptors (Lipinski definition) is 1. The van der Waals surface area contributed by atoms with E-state index in [9.17, 15) is 4.79 Å². The van der Waals surface area contributed by atoms with Crippen LogP contribution in [0.4, 0.5) is 0 Å². The molecule has 0 aromatic carbocycles. The lowest BCUT2D eigenvalue weighted by atomic mass is 9.76. The number of carbonyl (C=O) groups excluding carboxylic acids is 1. The van der Waals surface area contributed by atoms with Gasteiger partial charge in [0.2, 0.25) is 0 Å². The zero-order valence-corrected chi connectivity index (χ0v) is 7.68. The minimum atomic E-state index is 0.334. The van der Waals surface area contributed by atoms with Gasteiger partial charge in [0.15, 0.2) is 0 Å². The van der Waals surface area contributed by atoms with Crippen molar-refractivity contribution >= 4 is 5.78 Å². The molecule has 0 heterocycles. The van der Waals surface area contributed by atoms with E-state index in [4.69, 9.17) is 0 Å². The Morgan fingerprint density at radius 3 is 3.08 bits per heavy atom. The summed E-state index contributed by atoms with van der Waals surface area (Å²) in [6.07, 6.45) is 9.75. The van der Waals surface area contributed by atoms with E-state index < -0.39 is 0 Å². The molecule has 1 saturated carbocycles. The summed E-state index contributed by atoms with van der Waals surface area (Å²) in [5, 5.41) is 0. The lowest BCUT2D eigenvalue weighted by molar-refractivity contribution is -0.122. The zero-order valence-electron chi connectivity index (χ0n) is 7.68. The van der Waals surface area contributed by atoms with Gasteiger partial charge >= 0.3 is 0 Å². The van der Waals surface area contributed by atoms with Gasteiger partial charge in [-0.25, -0.2) is 0 Å². The fourth-order valence-corrected chi connectivity index (χ4v) is 2.62. The van der Waals surface area contributed by atoms with Gasteiger partial charge in [0, 0.05) is 12.3 Å². The predicted octanol–water partition coefficient (Wildman–Crippen LogP) is 2.71. The number of allylic oxidation sites excluding steroid dienone is 2. The number of rotatable bonds is 0. The maximum absolute atomic E-state index is 11.5. The predicted molar refractivity (Wildman–Crippen MR) is 48.8 cm³/mol. The van der Waals surface area contributed by atoms with Crippen LogP contribution in [0, 0.1) is 11.3 Å². The van der Waals surface area contributed by atoms with Crippen molar-refractivity contribution in [3.05, 3.63) is 12.2 Å². The van der Waals surface area contributed by atoms with Gasteiger partial charge in [0.25, 0.3) is 0 Å². The van der Waals surface area contributed by atoms with Crippen LogP contribution in [0.1, 0.15) is 39.0 Å².